The number of halogens is 1. The molecule has 0 saturated carbocycles. The third-order valence-corrected chi connectivity index (χ3v) is 9.85. The second kappa shape index (κ2) is 7.92. The van der Waals surface area contributed by atoms with Crippen molar-refractivity contribution < 1.29 is 23.1 Å². The molecule has 0 bridgehead atoms. The van der Waals surface area contributed by atoms with Crippen LogP contribution >= 0.6 is 11.6 Å². The van der Waals surface area contributed by atoms with E-state index < -0.39 is 27.8 Å². The molecule has 3 fully saturated rings. The number of piperidine rings is 1. The number of sulfonamides is 1. The number of hydrogen-bond donors (Lipinski definition) is 2. The average Bonchev–Trinajstić information content (AvgIpc) is 3.33. The van der Waals surface area contributed by atoms with E-state index in [1.807, 2.05) is 11.9 Å². The topological polar surface area (TPSA) is 117 Å². The average molecular weight is 510 g/mol. The van der Waals surface area contributed by atoms with Gasteiger partial charge in [0.2, 0.25) is 11.8 Å². The number of likely N-dealkylation sites (N-methyl/N-ethyl adjacent to an activating group) is 1. The molecule has 1 spiro atoms. The number of aromatic amines is 1. The zero-order valence-corrected chi connectivity index (χ0v) is 20.7. The van der Waals surface area contributed by atoms with Gasteiger partial charge in [-0.2, -0.15) is 4.31 Å². The molecule has 3 aliphatic rings. The first-order chi connectivity index (χ1) is 16.0. The summed E-state index contributed by atoms with van der Waals surface area (Å²) in [6.45, 7) is 2.30. The normalized spacial score (nSPS) is 25.9. The molecule has 2 amide bonds. The monoisotopic (exact) mass is 509 g/mol. The molecule has 3 aliphatic heterocycles. The number of benzene rings is 1. The lowest BCUT2D eigenvalue weighted by Crippen LogP contribution is -2.70. The van der Waals surface area contributed by atoms with Crippen LogP contribution in [0.3, 0.4) is 0 Å². The third kappa shape index (κ3) is 3.36. The molecule has 10 nitrogen and oxygen atoms in total. The van der Waals surface area contributed by atoms with Crippen molar-refractivity contribution in [2.75, 3.05) is 46.4 Å². The van der Waals surface area contributed by atoms with Crippen LogP contribution in [0.2, 0.25) is 5.02 Å². The van der Waals surface area contributed by atoms with E-state index in [1.54, 1.807) is 34.9 Å². The van der Waals surface area contributed by atoms with Crippen molar-refractivity contribution in [3.8, 4) is 0 Å². The molecule has 5 rings (SSSR count). The second-order valence-corrected chi connectivity index (χ2v) is 11.9. The van der Waals surface area contributed by atoms with Crippen LogP contribution in [0.15, 0.2) is 29.3 Å². The van der Waals surface area contributed by atoms with Crippen molar-refractivity contribution in [2.24, 2.45) is 0 Å². The van der Waals surface area contributed by atoms with Crippen LogP contribution in [0.4, 0.5) is 0 Å². The standard InChI is InChI=1S/C22H28ClN5O5S/c1-15(30)26-7-5-21(6-8-26)12-28-20(31)11-27(13-22(28,14-29)25(21)2)34(32,33)19-10-16-9-17(23)3-4-18(16)24-19/h3-4,9-10,24,29H,5-8,11-14H2,1-2H3. The fourth-order valence-corrected chi connectivity index (χ4v) is 7.38. The van der Waals surface area contributed by atoms with Gasteiger partial charge in [0.15, 0.2) is 0 Å². The van der Waals surface area contributed by atoms with E-state index in [4.69, 9.17) is 11.6 Å². The summed E-state index contributed by atoms with van der Waals surface area (Å²) in [5, 5.41) is 11.7. The van der Waals surface area contributed by atoms with Crippen LogP contribution in [0.25, 0.3) is 10.9 Å². The summed E-state index contributed by atoms with van der Waals surface area (Å²) in [6, 6.07) is 6.56. The Morgan fingerprint density at radius 3 is 2.56 bits per heavy atom. The van der Waals surface area contributed by atoms with E-state index in [0.717, 1.165) is 4.31 Å². The summed E-state index contributed by atoms with van der Waals surface area (Å²) in [5.74, 6) is -0.334. The molecule has 2 N–H and O–H groups in total. The fraction of sp³-hybridized carbons (Fsp3) is 0.545. The van der Waals surface area contributed by atoms with Crippen LogP contribution < -0.4 is 0 Å². The molecule has 184 valence electrons. The molecule has 1 atom stereocenters. The zero-order chi connectivity index (χ0) is 24.5. The van der Waals surface area contributed by atoms with Crippen molar-refractivity contribution in [1.82, 2.24) is 24.0 Å². The third-order valence-electron chi connectivity index (χ3n) is 7.90. The number of carbonyl (C=O) groups is 2. The van der Waals surface area contributed by atoms with Crippen molar-refractivity contribution in [2.45, 2.75) is 36.0 Å². The minimum Gasteiger partial charge on any atom is -0.392 e. The SMILES string of the molecule is CC(=O)N1CCC2(CC1)CN1C(=O)CN(S(=O)(=O)c3cc4cc(Cl)ccc4[nH]3)CC1(CO)N2C. The summed E-state index contributed by atoms with van der Waals surface area (Å²) in [6.07, 6.45) is 1.29. The number of aliphatic hydroxyl groups excluding tert-OH is 1. The van der Waals surface area contributed by atoms with Gasteiger partial charge in [0.1, 0.15) is 10.7 Å². The molecule has 12 heteroatoms. The number of nitrogens with one attached hydrogen (secondary N) is 1. The number of fused-ring (bicyclic) bond motifs is 2. The van der Waals surface area contributed by atoms with Crippen LogP contribution in [0.1, 0.15) is 19.8 Å². The minimum atomic E-state index is -4.05. The van der Waals surface area contributed by atoms with Gasteiger partial charge >= 0.3 is 0 Å². The van der Waals surface area contributed by atoms with Gasteiger partial charge in [-0.05, 0) is 44.2 Å². The van der Waals surface area contributed by atoms with Gasteiger partial charge in [0.25, 0.3) is 10.0 Å². The summed E-state index contributed by atoms with van der Waals surface area (Å²) in [4.78, 5) is 33.4. The number of H-pyrrole nitrogens is 1. The number of nitrogens with zero attached hydrogens (tertiary/aromatic N) is 4. The van der Waals surface area contributed by atoms with Crippen LogP contribution in [0.5, 0.6) is 0 Å². The smallest absolute Gasteiger partial charge is 0.259 e. The number of aromatic nitrogens is 1. The highest BCUT2D eigenvalue weighted by Crippen LogP contribution is 2.45. The molecule has 1 unspecified atom stereocenters. The first-order valence-corrected chi connectivity index (χ1v) is 13.0. The predicted octanol–water partition coefficient (Wildman–Crippen LogP) is 0.669. The van der Waals surface area contributed by atoms with Gasteiger partial charge in [-0.15, -0.1) is 0 Å². The molecule has 2 aromatic rings. The van der Waals surface area contributed by atoms with E-state index in [2.05, 4.69) is 4.98 Å². The summed E-state index contributed by atoms with van der Waals surface area (Å²) < 4.78 is 28.3. The summed E-state index contributed by atoms with van der Waals surface area (Å²) >= 11 is 6.04. The number of amides is 2. The second-order valence-electron chi connectivity index (χ2n) is 9.55. The lowest BCUT2D eigenvalue weighted by atomic mass is 9.86. The Hall–Kier alpha value is -2.18. The van der Waals surface area contributed by atoms with Gasteiger partial charge in [0.05, 0.1) is 19.7 Å². The lowest BCUT2D eigenvalue weighted by molar-refractivity contribution is -0.151. The van der Waals surface area contributed by atoms with Crippen LogP contribution in [-0.4, -0.2) is 107 Å². The number of carbonyl (C=O) groups excluding carboxylic acids is 2. The first kappa shape index (κ1) is 23.6. The maximum Gasteiger partial charge on any atom is 0.259 e. The van der Waals surface area contributed by atoms with Gasteiger partial charge in [-0.1, -0.05) is 11.6 Å². The number of piperazine rings is 1. The van der Waals surface area contributed by atoms with Crippen molar-refractivity contribution in [3.05, 3.63) is 29.3 Å². The Morgan fingerprint density at radius 1 is 1.21 bits per heavy atom. The lowest BCUT2D eigenvalue weighted by Gasteiger charge is -2.50. The molecule has 0 aliphatic carbocycles. The van der Waals surface area contributed by atoms with E-state index in [-0.39, 0.29) is 29.9 Å². The van der Waals surface area contributed by atoms with E-state index in [1.165, 1.54) is 6.07 Å². The maximum absolute atomic E-state index is 13.6. The molecule has 1 aromatic carbocycles. The highest BCUT2D eigenvalue weighted by atomic mass is 35.5. The zero-order valence-electron chi connectivity index (χ0n) is 19.1. The fourth-order valence-electron chi connectivity index (χ4n) is 5.75. The van der Waals surface area contributed by atoms with Gasteiger partial charge in [0, 0.05) is 48.0 Å². The quantitative estimate of drug-likeness (QED) is 0.628. The molecular weight excluding hydrogens is 482 g/mol. The van der Waals surface area contributed by atoms with E-state index >= 15 is 0 Å². The van der Waals surface area contributed by atoms with Crippen molar-refractivity contribution in [1.29, 1.82) is 0 Å². The van der Waals surface area contributed by atoms with Crippen LogP contribution in [0, 0.1) is 0 Å². The summed E-state index contributed by atoms with van der Waals surface area (Å²) in [7, 11) is -2.20. The predicted molar refractivity (Wildman–Crippen MR) is 126 cm³/mol. The Kier molecular flexibility index (Phi) is 5.49. The Bertz CT molecular complexity index is 1270. The van der Waals surface area contributed by atoms with Gasteiger partial charge in [-0.3, -0.25) is 14.5 Å². The number of hydrogen-bond acceptors (Lipinski definition) is 6. The Balaban J connectivity index is 1.47. The number of aliphatic hydroxyl groups is 1. The highest BCUT2D eigenvalue weighted by molar-refractivity contribution is 7.89. The van der Waals surface area contributed by atoms with Gasteiger partial charge in [-0.25, -0.2) is 8.42 Å². The van der Waals surface area contributed by atoms with E-state index in [0.29, 0.717) is 48.4 Å². The Morgan fingerprint density at radius 2 is 1.91 bits per heavy atom. The van der Waals surface area contributed by atoms with Crippen molar-refractivity contribution >= 4 is 44.3 Å². The number of likely N-dealkylation sites (tertiary alicyclic amines) is 1. The molecule has 1 aromatic heterocycles. The largest absolute Gasteiger partial charge is 0.392 e. The summed E-state index contributed by atoms with van der Waals surface area (Å²) in [5.41, 5.74) is -0.975. The highest BCUT2D eigenvalue weighted by Gasteiger charge is 2.62. The number of rotatable bonds is 3. The van der Waals surface area contributed by atoms with Gasteiger partial charge < -0.3 is 19.9 Å². The molecule has 3 saturated heterocycles. The van der Waals surface area contributed by atoms with E-state index in [9.17, 15) is 23.1 Å². The molecule has 4 heterocycles. The first-order valence-electron chi connectivity index (χ1n) is 11.2. The minimum absolute atomic E-state index is 0.0121. The Labute approximate surface area is 203 Å². The molecule has 34 heavy (non-hydrogen) atoms. The maximum atomic E-state index is 13.6. The van der Waals surface area contributed by atoms with Crippen LogP contribution in [-0.2, 0) is 19.6 Å². The molecule has 0 radical (unpaired) electrons. The van der Waals surface area contributed by atoms with Crippen molar-refractivity contribution in [3.63, 3.8) is 0 Å². The molecular formula is C22H28ClN5O5S.